The molecular formula is C25H22ClN5. The van der Waals surface area contributed by atoms with Crippen molar-refractivity contribution in [2.45, 2.75) is 19.0 Å². The Bertz CT molecular complexity index is 1130. The molecule has 2 aromatic carbocycles. The van der Waals surface area contributed by atoms with E-state index in [4.69, 9.17) is 16.9 Å². The molecule has 1 aliphatic heterocycles. The van der Waals surface area contributed by atoms with Crippen LogP contribution in [0.25, 0.3) is 0 Å². The fraction of sp³-hybridized carbons (Fsp3) is 0.240. The summed E-state index contributed by atoms with van der Waals surface area (Å²) in [6.07, 6.45) is 1.74. The van der Waals surface area contributed by atoms with Crippen LogP contribution in [0, 0.1) is 22.7 Å². The maximum Gasteiger partial charge on any atom is 0.147 e. The standard InChI is InChI=1S/C25H22ClN5/c1-18(20-6-4-19(15-27)5-7-20)30-13-14-31(25-22(16-28)3-2-12-29-25)24(17-30)21-8-10-23(26)11-9-21/h2-12,18,24H,13-14,17H2,1H3/t18-,24+/m1/s1. The van der Waals surface area contributed by atoms with Gasteiger partial charge in [-0.3, -0.25) is 4.90 Å². The Kier molecular flexibility index (Phi) is 6.18. The summed E-state index contributed by atoms with van der Waals surface area (Å²) in [6.45, 7) is 4.56. The first kappa shape index (κ1) is 20.9. The van der Waals surface area contributed by atoms with Crippen molar-refractivity contribution in [1.82, 2.24) is 9.88 Å². The maximum absolute atomic E-state index is 9.61. The van der Waals surface area contributed by atoms with Crippen LogP contribution in [0.2, 0.25) is 5.02 Å². The average Bonchev–Trinajstić information content (AvgIpc) is 2.83. The van der Waals surface area contributed by atoms with Crippen molar-refractivity contribution >= 4 is 17.4 Å². The van der Waals surface area contributed by atoms with Crippen molar-refractivity contribution < 1.29 is 0 Å². The molecule has 0 amide bonds. The number of hydrogen-bond donors (Lipinski definition) is 0. The lowest BCUT2D eigenvalue weighted by Gasteiger charge is -2.45. The van der Waals surface area contributed by atoms with Crippen molar-refractivity contribution in [1.29, 1.82) is 10.5 Å². The second-order valence-corrected chi connectivity index (χ2v) is 8.09. The van der Waals surface area contributed by atoms with Crippen LogP contribution < -0.4 is 4.90 Å². The molecule has 0 aliphatic carbocycles. The van der Waals surface area contributed by atoms with Gasteiger partial charge in [0.05, 0.1) is 23.2 Å². The highest BCUT2D eigenvalue weighted by atomic mass is 35.5. The number of rotatable bonds is 4. The molecule has 0 N–H and O–H groups in total. The van der Waals surface area contributed by atoms with E-state index in [1.165, 1.54) is 5.56 Å². The Balaban J connectivity index is 1.66. The van der Waals surface area contributed by atoms with E-state index in [1.807, 2.05) is 54.6 Å². The second kappa shape index (κ2) is 9.18. The van der Waals surface area contributed by atoms with E-state index >= 15 is 0 Å². The van der Waals surface area contributed by atoms with Crippen molar-refractivity contribution in [3.63, 3.8) is 0 Å². The number of pyridine rings is 1. The fourth-order valence-corrected chi connectivity index (χ4v) is 4.27. The Morgan fingerprint density at radius 1 is 1.00 bits per heavy atom. The van der Waals surface area contributed by atoms with Gasteiger partial charge < -0.3 is 4.90 Å². The molecular weight excluding hydrogens is 406 g/mol. The number of halogens is 1. The summed E-state index contributed by atoms with van der Waals surface area (Å²) in [5.41, 5.74) is 3.56. The van der Waals surface area contributed by atoms with Crippen LogP contribution in [0.3, 0.4) is 0 Å². The molecule has 0 radical (unpaired) electrons. The van der Waals surface area contributed by atoms with Gasteiger partial charge >= 0.3 is 0 Å². The van der Waals surface area contributed by atoms with Gasteiger partial charge in [0.25, 0.3) is 0 Å². The van der Waals surface area contributed by atoms with Crippen LogP contribution in [0.1, 0.15) is 41.3 Å². The second-order valence-electron chi connectivity index (χ2n) is 7.65. The zero-order valence-corrected chi connectivity index (χ0v) is 18.0. The molecule has 2 heterocycles. The molecule has 0 bridgehead atoms. The third-order valence-electron chi connectivity index (χ3n) is 5.92. The van der Waals surface area contributed by atoms with Crippen LogP contribution in [-0.4, -0.2) is 29.5 Å². The monoisotopic (exact) mass is 427 g/mol. The number of benzene rings is 2. The lowest BCUT2D eigenvalue weighted by molar-refractivity contribution is 0.170. The molecule has 1 aromatic heterocycles. The van der Waals surface area contributed by atoms with E-state index in [1.54, 1.807) is 12.3 Å². The normalized spacial score (nSPS) is 17.5. The van der Waals surface area contributed by atoms with Crippen LogP contribution in [-0.2, 0) is 0 Å². The third-order valence-corrected chi connectivity index (χ3v) is 6.17. The van der Waals surface area contributed by atoms with E-state index in [9.17, 15) is 5.26 Å². The average molecular weight is 428 g/mol. The van der Waals surface area contributed by atoms with Gasteiger partial charge in [0, 0.05) is 36.9 Å². The smallest absolute Gasteiger partial charge is 0.147 e. The molecule has 1 fully saturated rings. The number of aromatic nitrogens is 1. The minimum Gasteiger partial charge on any atom is -0.346 e. The molecule has 0 unspecified atom stereocenters. The SMILES string of the molecule is C[C@H](c1ccc(C#N)cc1)N1CCN(c2ncccc2C#N)[C@H](c2ccc(Cl)cc2)C1. The molecule has 0 spiro atoms. The summed E-state index contributed by atoms with van der Waals surface area (Å²) in [7, 11) is 0. The van der Waals surface area contributed by atoms with E-state index < -0.39 is 0 Å². The molecule has 1 saturated heterocycles. The van der Waals surface area contributed by atoms with Crippen molar-refractivity contribution in [3.05, 3.63) is 94.1 Å². The van der Waals surface area contributed by atoms with E-state index in [-0.39, 0.29) is 12.1 Å². The molecule has 3 aromatic rings. The summed E-state index contributed by atoms with van der Waals surface area (Å²) in [6, 6.07) is 24.0. The molecule has 1 aliphatic rings. The van der Waals surface area contributed by atoms with Crippen LogP contribution in [0.15, 0.2) is 66.9 Å². The lowest BCUT2D eigenvalue weighted by Crippen LogP contribution is -2.49. The fourth-order valence-electron chi connectivity index (χ4n) is 4.14. The van der Waals surface area contributed by atoms with Crippen molar-refractivity contribution in [3.8, 4) is 12.1 Å². The summed E-state index contributed by atoms with van der Waals surface area (Å²) < 4.78 is 0. The molecule has 154 valence electrons. The zero-order valence-electron chi connectivity index (χ0n) is 17.2. The molecule has 5 nitrogen and oxygen atoms in total. The Labute approximate surface area is 187 Å². The first-order valence-corrected chi connectivity index (χ1v) is 10.6. The molecule has 6 heteroatoms. The van der Waals surface area contributed by atoms with E-state index in [0.29, 0.717) is 16.1 Å². The van der Waals surface area contributed by atoms with Gasteiger partial charge in [-0.05, 0) is 54.4 Å². The maximum atomic E-state index is 9.61. The largest absolute Gasteiger partial charge is 0.346 e. The Morgan fingerprint density at radius 2 is 1.74 bits per heavy atom. The highest BCUT2D eigenvalue weighted by molar-refractivity contribution is 6.30. The highest BCUT2D eigenvalue weighted by Crippen LogP contribution is 2.35. The van der Waals surface area contributed by atoms with Crippen molar-refractivity contribution in [2.24, 2.45) is 0 Å². The topological polar surface area (TPSA) is 67.0 Å². The number of nitriles is 2. The summed E-state index contributed by atoms with van der Waals surface area (Å²) in [5.74, 6) is 0.718. The van der Waals surface area contributed by atoms with Crippen LogP contribution in [0.4, 0.5) is 5.82 Å². The van der Waals surface area contributed by atoms with Gasteiger partial charge in [-0.15, -0.1) is 0 Å². The highest BCUT2D eigenvalue weighted by Gasteiger charge is 2.32. The minimum atomic E-state index is 0.0360. The number of piperazine rings is 1. The molecule has 2 atom stereocenters. The first-order valence-electron chi connectivity index (χ1n) is 10.2. The molecule has 31 heavy (non-hydrogen) atoms. The predicted molar refractivity (Wildman–Crippen MR) is 122 cm³/mol. The summed E-state index contributed by atoms with van der Waals surface area (Å²) >= 11 is 6.13. The quantitative estimate of drug-likeness (QED) is 0.579. The van der Waals surface area contributed by atoms with Gasteiger partial charge in [-0.1, -0.05) is 35.9 Å². The van der Waals surface area contributed by atoms with E-state index in [2.05, 4.69) is 33.8 Å². The zero-order chi connectivity index (χ0) is 21.8. The molecule has 4 rings (SSSR count). The van der Waals surface area contributed by atoms with Gasteiger partial charge in [-0.2, -0.15) is 10.5 Å². The van der Waals surface area contributed by atoms with Crippen LogP contribution in [0.5, 0.6) is 0 Å². The van der Waals surface area contributed by atoms with Gasteiger partial charge in [0.15, 0.2) is 0 Å². The Hall–Kier alpha value is -3.38. The predicted octanol–water partition coefficient (Wildman–Crippen LogP) is 5.10. The van der Waals surface area contributed by atoms with Crippen LogP contribution >= 0.6 is 11.6 Å². The lowest BCUT2D eigenvalue weighted by atomic mass is 9.98. The van der Waals surface area contributed by atoms with Crippen molar-refractivity contribution in [2.75, 3.05) is 24.5 Å². The van der Waals surface area contributed by atoms with Gasteiger partial charge in [0.1, 0.15) is 11.9 Å². The minimum absolute atomic E-state index is 0.0360. The summed E-state index contributed by atoms with van der Waals surface area (Å²) in [5, 5.41) is 19.4. The number of nitrogens with zero attached hydrogens (tertiary/aromatic N) is 5. The van der Waals surface area contributed by atoms with Gasteiger partial charge in [-0.25, -0.2) is 4.98 Å². The summed E-state index contributed by atoms with van der Waals surface area (Å²) in [4.78, 5) is 9.20. The number of anilines is 1. The Morgan fingerprint density at radius 3 is 2.42 bits per heavy atom. The van der Waals surface area contributed by atoms with E-state index in [0.717, 1.165) is 31.0 Å². The first-order chi connectivity index (χ1) is 15.1. The number of hydrogen-bond acceptors (Lipinski definition) is 5. The third kappa shape index (κ3) is 4.39. The molecule has 0 saturated carbocycles. The van der Waals surface area contributed by atoms with Gasteiger partial charge in [0.2, 0.25) is 0 Å².